The van der Waals surface area contributed by atoms with Crippen molar-refractivity contribution in [2.24, 2.45) is 0 Å². The lowest BCUT2D eigenvalue weighted by molar-refractivity contribution is 0.474. The second kappa shape index (κ2) is 5.49. The minimum absolute atomic E-state index is 0.0489. The molecule has 0 unspecified atom stereocenters. The van der Waals surface area contributed by atoms with E-state index < -0.39 is 10.0 Å². The van der Waals surface area contributed by atoms with E-state index in [1.807, 2.05) is 0 Å². The maximum atomic E-state index is 12.1. The predicted molar refractivity (Wildman–Crippen MR) is 81.0 cm³/mol. The Morgan fingerprint density at radius 1 is 1.32 bits per heavy atom. The number of thiophene rings is 1. The first-order valence-corrected chi connectivity index (χ1v) is 8.61. The number of halogens is 3. The first-order valence-electron chi connectivity index (χ1n) is 4.76. The fourth-order valence-electron chi connectivity index (χ4n) is 1.31. The highest BCUT2D eigenvalue weighted by atomic mass is 79.9. The van der Waals surface area contributed by atoms with Crippen molar-refractivity contribution < 1.29 is 13.5 Å². The van der Waals surface area contributed by atoms with Crippen LogP contribution in [-0.2, 0) is 10.0 Å². The number of phenolic OH excluding ortho intramolecular Hbond substituents is 1. The van der Waals surface area contributed by atoms with E-state index in [0.29, 0.717) is 4.47 Å². The van der Waals surface area contributed by atoms with Crippen molar-refractivity contribution >= 4 is 66.2 Å². The molecule has 0 aliphatic heterocycles. The Morgan fingerprint density at radius 3 is 2.58 bits per heavy atom. The van der Waals surface area contributed by atoms with Gasteiger partial charge in [0.25, 0.3) is 10.0 Å². The average Bonchev–Trinajstić information content (AvgIpc) is 2.65. The van der Waals surface area contributed by atoms with Crippen molar-refractivity contribution in [1.82, 2.24) is 0 Å². The van der Waals surface area contributed by atoms with Gasteiger partial charge >= 0.3 is 0 Å². The third-order valence-corrected chi connectivity index (χ3v) is 5.90. The van der Waals surface area contributed by atoms with Crippen LogP contribution in [0.15, 0.2) is 33.6 Å². The average molecular weight is 403 g/mol. The minimum atomic E-state index is -3.90. The van der Waals surface area contributed by atoms with E-state index in [4.69, 9.17) is 23.2 Å². The predicted octanol–water partition coefficient (Wildman–Crippen LogP) is 4.32. The molecule has 9 heteroatoms. The van der Waals surface area contributed by atoms with Gasteiger partial charge in [-0.15, -0.1) is 11.3 Å². The van der Waals surface area contributed by atoms with Gasteiger partial charge in [0.2, 0.25) is 0 Å². The van der Waals surface area contributed by atoms with Gasteiger partial charge in [0, 0.05) is 0 Å². The number of anilines is 1. The molecule has 0 bridgehead atoms. The molecule has 1 aromatic heterocycles. The highest BCUT2D eigenvalue weighted by Crippen LogP contribution is 2.37. The minimum Gasteiger partial charge on any atom is -0.505 e. The van der Waals surface area contributed by atoms with Gasteiger partial charge in [-0.2, -0.15) is 0 Å². The first-order chi connectivity index (χ1) is 8.81. The summed E-state index contributed by atoms with van der Waals surface area (Å²) in [6.07, 6.45) is 0. The Kier molecular flexibility index (Phi) is 4.32. The molecule has 19 heavy (non-hydrogen) atoms. The Hall–Kier alpha value is -0.470. The van der Waals surface area contributed by atoms with Gasteiger partial charge in [-0.25, -0.2) is 8.42 Å². The number of aromatic hydroxyl groups is 1. The highest BCUT2D eigenvalue weighted by Gasteiger charge is 2.22. The number of rotatable bonds is 3. The third-order valence-electron chi connectivity index (χ3n) is 2.15. The summed E-state index contributed by atoms with van der Waals surface area (Å²) < 4.78 is 27.2. The van der Waals surface area contributed by atoms with E-state index in [1.165, 1.54) is 12.1 Å². The van der Waals surface area contributed by atoms with Crippen molar-refractivity contribution in [3.8, 4) is 5.75 Å². The Balaban J connectivity index is 2.42. The second-order valence-electron chi connectivity index (χ2n) is 3.43. The van der Waals surface area contributed by atoms with Crippen molar-refractivity contribution in [2.45, 2.75) is 4.90 Å². The van der Waals surface area contributed by atoms with Crippen molar-refractivity contribution in [2.75, 3.05) is 4.72 Å². The van der Waals surface area contributed by atoms with Gasteiger partial charge in [-0.1, -0.05) is 29.3 Å². The molecule has 0 saturated heterocycles. The number of nitrogens with one attached hydrogen (secondary N) is 1. The van der Waals surface area contributed by atoms with Crippen LogP contribution in [-0.4, -0.2) is 13.5 Å². The maximum absolute atomic E-state index is 12.1. The Bertz CT molecular complexity index is 730. The molecule has 102 valence electrons. The molecule has 4 nitrogen and oxygen atoms in total. The van der Waals surface area contributed by atoms with Gasteiger partial charge in [0.05, 0.1) is 14.5 Å². The van der Waals surface area contributed by atoms with E-state index >= 15 is 0 Å². The summed E-state index contributed by atoms with van der Waals surface area (Å²) in [6.45, 7) is 0. The molecule has 0 radical (unpaired) electrons. The fraction of sp³-hybridized carbons (Fsp3) is 0. The molecule has 1 aromatic carbocycles. The lowest BCUT2D eigenvalue weighted by atomic mass is 10.3. The smallest absolute Gasteiger partial charge is 0.264 e. The zero-order chi connectivity index (χ0) is 14.2. The molecule has 0 amide bonds. The lowest BCUT2D eigenvalue weighted by Gasteiger charge is -2.09. The van der Waals surface area contributed by atoms with Gasteiger partial charge in [0.15, 0.2) is 5.75 Å². The maximum Gasteiger partial charge on any atom is 0.264 e. The normalized spacial score (nSPS) is 11.5. The number of para-hydroxylation sites is 1. The fourth-order valence-corrected chi connectivity index (χ4v) is 4.89. The van der Waals surface area contributed by atoms with Crippen LogP contribution < -0.4 is 4.72 Å². The molecule has 0 spiro atoms. The topological polar surface area (TPSA) is 66.4 Å². The van der Waals surface area contributed by atoms with Crippen LogP contribution in [0.3, 0.4) is 0 Å². The molecule has 0 saturated carbocycles. The van der Waals surface area contributed by atoms with E-state index in [0.717, 1.165) is 11.3 Å². The van der Waals surface area contributed by atoms with Crippen LogP contribution in [0.5, 0.6) is 5.75 Å². The van der Waals surface area contributed by atoms with E-state index in [1.54, 1.807) is 12.1 Å². The van der Waals surface area contributed by atoms with Crippen LogP contribution in [0, 0.1) is 0 Å². The highest BCUT2D eigenvalue weighted by molar-refractivity contribution is 9.10. The summed E-state index contributed by atoms with van der Waals surface area (Å²) >= 11 is 15.6. The summed E-state index contributed by atoms with van der Waals surface area (Å²) in [5, 5.41) is 9.75. The van der Waals surface area contributed by atoms with Crippen LogP contribution in [0.25, 0.3) is 0 Å². The van der Waals surface area contributed by atoms with Crippen molar-refractivity contribution in [1.29, 1.82) is 0 Å². The summed E-state index contributed by atoms with van der Waals surface area (Å²) in [7, 11) is -3.90. The van der Waals surface area contributed by atoms with Crippen LogP contribution in [0.4, 0.5) is 5.69 Å². The number of hydrogen-bond acceptors (Lipinski definition) is 4. The molecule has 0 aliphatic rings. The van der Waals surface area contributed by atoms with Gasteiger partial charge in [-0.3, -0.25) is 4.72 Å². The Morgan fingerprint density at radius 2 is 2.00 bits per heavy atom. The second-order valence-corrected chi connectivity index (χ2v) is 8.22. The number of sulfonamides is 1. The van der Waals surface area contributed by atoms with Crippen molar-refractivity contribution in [3.05, 3.63) is 37.4 Å². The number of phenols is 1. The van der Waals surface area contributed by atoms with E-state index in [2.05, 4.69) is 20.7 Å². The standard InChI is InChI=1S/C10H6BrCl2NO3S2/c11-5-2-1-3-6(9(5)15)14-19(16,17)7-4-8(12)18-10(7)13/h1-4,14-15H. The summed E-state index contributed by atoms with van der Waals surface area (Å²) in [5.41, 5.74) is 0.0489. The van der Waals surface area contributed by atoms with Crippen LogP contribution in [0.2, 0.25) is 8.67 Å². The largest absolute Gasteiger partial charge is 0.505 e. The van der Waals surface area contributed by atoms with E-state index in [9.17, 15) is 13.5 Å². The SMILES string of the molecule is O=S(=O)(Nc1cccc(Br)c1O)c1cc(Cl)sc1Cl. The zero-order valence-electron chi connectivity index (χ0n) is 9.02. The molecule has 1 heterocycles. The van der Waals surface area contributed by atoms with Crippen LogP contribution >= 0.6 is 50.5 Å². The number of benzene rings is 1. The van der Waals surface area contributed by atoms with Crippen LogP contribution in [0.1, 0.15) is 0 Å². The molecule has 2 aromatic rings. The van der Waals surface area contributed by atoms with Gasteiger partial charge in [-0.05, 0) is 34.1 Å². The van der Waals surface area contributed by atoms with E-state index in [-0.39, 0.29) is 25.0 Å². The lowest BCUT2D eigenvalue weighted by Crippen LogP contribution is -2.12. The summed E-state index contributed by atoms with van der Waals surface area (Å²) in [6, 6.07) is 5.86. The Labute approximate surface area is 132 Å². The van der Waals surface area contributed by atoms with Gasteiger partial charge < -0.3 is 5.11 Å². The third kappa shape index (κ3) is 3.17. The molecule has 0 atom stereocenters. The first kappa shape index (κ1) is 14.9. The van der Waals surface area contributed by atoms with Gasteiger partial charge in [0.1, 0.15) is 9.23 Å². The number of hydrogen-bond donors (Lipinski definition) is 2. The molecule has 2 rings (SSSR count). The zero-order valence-corrected chi connectivity index (χ0v) is 13.8. The monoisotopic (exact) mass is 401 g/mol. The molecular weight excluding hydrogens is 397 g/mol. The summed E-state index contributed by atoms with van der Waals surface area (Å²) in [5.74, 6) is -0.205. The molecular formula is C10H6BrCl2NO3S2. The molecule has 2 N–H and O–H groups in total. The van der Waals surface area contributed by atoms with Crippen molar-refractivity contribution in [3.63, 3.8) is 0 Å². The molecule has 0 fully saturated rings. The quantitative estimate of drug-likeness (QED) is 0.751. The molecule has 0 aliphatic carbocycles. The summed E-state index contributed by atoms with van der Waals surface area (Å²) in [4.78, 5) is -0.122.